The van der Waals surface area contributed by atoms with Crippen molar-refractivity contribution in [3.8, 4) is 0 Å². The summed E-state index contributed by atoms with van der Waals surface area (Å²) >= 11 is 3.98. The van der Waals surface area contributed by atoms with E-state index in [1.807, 2.05) is 19.2 Å². The Morgan fingerprint density at radius 3 is 2.92 bits per heavy atom. The van der Waals surface area contributed by atoms with Crippen LogP contribution in [-0.4, -0.2) is 10.3 Å². The number of halogens is 1. The molecule has 0 N–H and O–H groups in total. The van der Waals surface area contributed by atoms with Crippen LogP contribution in [-0.2, 0) is 5.88 Å². The van der Waals surface area contributed by atoms with Crippen LogP contribution >= 0.6 is 34.4 Å². The molecule has 72 valence electrons. The lowest BCUT2D eigenvalue weighted by molar-refractivity contribution is 0.824. The van der Waals surface area contributed by atoms with Crippen molar-refractivity contribution in [2.45, 2.75) is 19.7 Å². The zero-order valence-corrected chi connectivity index (χ0v) is 10.7. The highest BCUT2D eigenvalue weighted by Gasteiger charge is 2.00. The largest absolute Gasteiger partial charge is 0.305 e. The van der Waals surface area contributed by atoms with Crippen molar-refractivity contribution >= 4 is 34.4 Å². The molecule has 0 aliphatic carbocycles. The molecule has 0 aliphatic heterocycles. The van der Waals surface area contributed by atoms with E-state index in [2.05, 4.69) is 29.5 Å². The fourth-order valence-electron chi connectivity index (χ4n) is 1.03. The first-order valence-electron chi connectivity index (χ1n) is 4.09. The van der Waals surface area contributed by atoms with Gasteiger partial charge in [0.15, 0.2) is 0 Å². The number of thioether (sulfide) groups is 1. The number of aromatic nitrogens is 1. The molecule has 1 rings (SSSR count). The summed E-state index contributed by atoms with van der Waals surface area (Å²) in [6.45, 7) is 3.95. The zero-order chi connectivity index (χ0) is 9.84. The number of hydrogen-bond acceptors (Lipinski definition) is 2. The third-order valence-corrected chi connectivity index (χ3v) is 3.13. The van der Waals surface area contributed by atoms with Crippen LogP contribution in [0.25, 0.3) is 0 Å². The number of nitrogens with zero attached hydrogens (tertiary/aromatic N) is 1. The monoisotopic (exact) mass is 309 g/mol. The molecule has 0 aliphatic rings. The molecule has 0 saturated heterocycles. The lowest BCUT2D eigenvalue weighted by atomic mass is 10.3. The summed E-state index contributed by atoms with van der Waals surface area (Å²) in [5, 5.41) is 0. The van der Waals surface area contributed by atoms with Crippen molar-refractivity contribution in [3.05, 3.63) is 31.8 Å². The molecular weight excluding hydrogens is 297 g/mol. The summed E-state index contributed by atoms with van der Waals surface area (Å²) < 4.78 is 2.89. The van der Waals surface area contributed by atoms with Crippen molar-refractivity contribution in [1.29, 1.82) is 0 Å². The third kappa shape index (κ3) is 3.02. The number of hydrogen-bond donors (Lipinski definition) is 0. The molecule has 1 heterocycles. The molecule has 0 aromatic carbocycles. The van der Waals surface area contributed by atoms with Crippen LogP contribution in [0, 0.1) is 10.5 Å². The normalized spacial score (nSPS) is 10.4. The predicted molar refractivity (Wildman–Crippen MR) is 66.3 cm³/mol. The minimum absolute atomic E-state index is 0.126. The van der Waals surface area contributed by atoms with Gasteiger partial charge in [0.05, 0.1) is 5.88 Å². The number of rotatable bonds is 3. The number of aryl methyl sites for hydroxylation is 1. The topological polar surface area (TPSA) is 22.0 Å². The van der Waals surface area contributed by atoms with Gasteiger partial charge in [-0.05, 0) is 41.3 Å². The summed E-state index contributed by atoms with van der Waals surface area (Å²) in [6.07, 6.45) is 1.90. The summed E-state index contributed by atoms with van der Waals surface area (Å²) in [6, 6.07) is 1.91. The second kappa shape index (κ2) is 5.05. The molecular formula is C9H12INOS. The van der Waals surface area contributed by atoms with Crippen molar-refractivity contribution in [2.24, 2.45) is 0 Å². The Labute approximate surface area is 95.9 Å². The lowest BCUT2D eigenvalue weighted by Gasteiger charge is -2.05. The summed E-state index contributed by atoms with van der Waals surface area (Å²) in [5.41, 5.74) is 0.949. The summed E-state index contributed by atoms with van der Waals surface area (Å²) in [7, 11) is 0. The van der Waals surface area contributed by atoms with Gasteiger partial charge in [0.1, 0.15) is 0 Å². The summed E-state index contributed by atoms with van der Waals surface area (Å²) in [5.74, 6) is 1.80. The maximum Gasteiger partial charge on any atom is 0.254 e. The Bertz CT molecular complexity index is 348. The maximum absolute atomic E-state index is 11.6. The fraction of sp³-hybridized carbons (Fsp3) is 0.444. The highest BCUT2D eigenvalue weighted by atomic mass is 127. The van der Waals surface area contributed by atoms with Gasteiger partial charge in [0.2, 0.25) is 0 Å². The molecule has 0 amide bonds. The molecule has 0 atom stereocenters. The second-order valence-electron chi connectivity index (χ2n) is 2.74. The van der Waals surface area contributed by atoms with Crippen molar-refractivity contribution < 1.29 is 0 Å². The van der Waals surface area contributed by atoms with E-state index >= 15 is 0 Å². The van der Waals surface area contributed by atoms with E-state index in [-0.39, 0.29) is 5.56 Å². The molecule has 0 fully saturated rings. The molecule has 2 nitrogen and oxygen atoms in total. The van der Waals surface area contributed by atoms with Crippen LogP contribution < -0.4 is 5.56 Å². The molecule has 1 aromatic heterocycles. The molecule has 0 unspecified atom stereocenters. The van der Waals surface area contributed by atoms with Crippen LogP contribution in [0.1, 0.15) is 12.5 Å². The van der Waals surface area contributed by atoms with E-state index in [0.29, 0.717) is 0 Å². The molecule has 4 heteroatoms. The smallest absolute Gasteiger partial charge is 0.254 e. The van der Waals surface area contributed by atoms with E-state index in [1.165, 1.54) is 0 Å². The Kier molecular flexibility index (Phi) is 4.31. The van der Waals surface area contributed by atoms with Crippen LogP contribution in [0.15, 0.2) is 17.1 Å². The Balaban J connectivity index is 2.99. The quantitative estimate of drug-likeness (QED) is 0.800. The van der Waals surface area contributed by atoms with E-state index in [4.69, 9.17) is 0 Å². The second-order valence-corrected chi connectivity index (χ2v) is 5.23. The third-order valence-electron chi connectivity index (χ3n) is 1.67. The first kappa shape index (κ1) is 11.1. The summed E-state index contributed by atoms with van der Waals surface area (Å²) in [4.78, 5) is 11.6. The number of pyridine rings is 1. The predicted octanol–water partition coefficient (Wildman–Crippen LogP) is 2.47. The maximum atomic E-state index is 11.6. The molecule has 0 bridgehead atoms. The molecule has 1 aromatic rings. The van der Waals surface area contributed by atoms with Gasteiger partial charge < -0.3 is 4.57 Å². The average molecular weight is 309 g/mol. The van der Waals surface area contributed by atoms with Crippen molar-refractivity contribution in [1.82, 2.24) is 4.57 Å². The van der Waals surface area contributed by atoms with Gasteiger partial charge in [0, 0.05) is 15.3 Å². The molecule has 0 saturated carbocycles. The standard InChI is InChI=1S/C9H12INOS/c1-3-13-6-11-5-8(10)4-7(2)9(11)12/h4-5H,3,6H2,1-2H3. The van der Waals surface area contributed by atoms with Crippen LogP contribution in [0.5, 0.6) is 0 Å². The Morgan fingerprint density at radius 1 is 1.62 bits per heavy atom. The van der Waals surface area contributed by atoms with Crippen molar-refractivity contribution in [2.75, 3.05) is 5.75 Å². The average Bonchev–Trinajstić information content (AvgIpc) is 2.09. The van der Waals surface area contributed by atoms with Gasteiger partial charge >= 0.3 is 0 Å². The van der Waals surface area contributed by atoms with Gasteiger partial charge in [0.25, 0.3) is 5.56 Å². The van der Waals surface area contributed by atoms with Gasteiger partial charge in [-0.25, -0.2) is 0 Å². The van der Waals surface area contributed by atoms with Crippen LogP contribution in [0.4, 0.5) is 0 Å². The minimum atomic E-state index is 0.126. The molecule has 0 spiro atoms. The van der Waals surface area contributed by atoms with E-state index < -0.39 is 0 Å². The van der Waals surface area contributed by atoms with Gasteiger partial charge in [-0.1, -0.05) is 6.92 Å². The van der Waals surface area contributed by atoms with Crippen LogP contribution in [0.3, 0.4) is 0 Å². The SMILES string of the molecule is CCSCn1cc(I)cc(C)c1=O. The first-order chi connectivity index (χ1) is 6.15. The Hall–Kier alpha value is 0.0300. The highest BCUT2D eigenvalue weighted by molar-refractivity contribution is 14.1. The lowest BCUT2D eigenvalue weighted by Crippen LogP contribution is -2.21. The van der Waals surface area contributed by atoms with Crippen molar-refractivity contribution in [3.63, 3.8) is 0 Å². The fourth-order valence-corrected chi connectivity index (χ4v) is 2.40. The van der Waals surface area contributed by atoms with E-state index in [0.717, 1.165) is 20.8 Å². The first-order valence-corrected chi connectivity index (χ1v) is 6.33. The van der Waals surface area contributed by atoms with Gasteiger partial charge in [-0.3, -0.25) is 4.79 Å². The van der Waals surface area contributed by atoms with Gasteiger partial charge in [-0.2, -0.15) is 0 Å². The Morgan fingerprint density at radius 2 is 2.31 bits per heavy atom. The van der Waals surface area contributed by atoms with Gasteiger partial charge in [-0.15, -0.1) is 11.8 Å². The molecule has 0 radical (unpaired) electrons. The van der Waals surface area contributed by atoms with Crippen LogP contribution in [0.2, 0.25) is 0 Å². The zero-order valence-electron chi connectivity index (χ0n) is 7.71. The van der Waals surface area contributed by atoms with E-state index in [1.54, 1.807) is 16.3 Å². The van der Waals surface area contributed by atoms with E-state index in [9.17, 15) is 4.79 Å². The molecule has 13 heavy (non-hydrogen) atoms. The minimum Gasteiger partial charge on any atom is -0.305 e. The highest BCUT2D eigenvalue weighted by Crippen LogP contribution is 2.07.